The van der Waals surface area contributed by atoms with Crippen molar-refractivity contribution in [3.8, 4) is 11.5 Å². The molecule has 1 aliphatic rings. The molecule has 2 aromatic carbocycles. The molecule has 0 aliphatic carbocycles. The van der Waals surface area contributed by atoms with Crippen LogP contribution >= 0.6 is 0 Å². The van der Waals surface area contributed by atoms with Crippen molar-refractivity contribution >= 4 is 17.5 Å². The van der Waals surface area contributed by atoms with Crippen molar-refractivity contribution in [3.63, 3.8) is 0 Å². The zero-order valence-corrected chi connectivity index (χ0v) is 18.9. The summed E-state index contributed by atoms with van der Waals surface area (Å²) >= 11 is 0. The molecular formula is C24H25FN4O4. The predicted octanol–water partition coefficient (Wildman–Crippen LogP) is 3.08. The Morgan fingerprint density at radius 2 is 1.76 bits per heavy atom. The fourth-order valence-corrected chi connectivity index (χ4v) is 4.01. The van der Waals surface area contributed by atoms with Crippen molar-refractivity contribution in [2.75, 3.05) is 19.1 Å². The lowest BCUT2D eigenvalue weighted by Crippen LogP contribution is -2.64. The zero-order valence-electron chi connectivity index (χ0n) is 18.9. The predicted molar refractivity (Wildman–Crippen MR) is 120 cm³/mol. The number of amides is 2. The lowest BCUT2D eigenvalue weighted by atomic mass is 9.93. The second kappa shape index (κ2) is 8.57. The number of carbonyl (C=O) groups excluding carboxylic acids is 2. The highest BCUT2D eigenvalue weighted by molar-refractivity contribution is 6.12. The zero-order chi connectivity index (χ0) is 23.8. The number of ether oxygens (including phenoxy) is 2. The van der Waals surface area contributed by atoms with E-state index in [4.69, 9.17) is 9.47 Å². The highest BCUT2D eigenvalue weighted by Gasteiger charge is 2.49. The van der Waals surface area contributed by atoms with Crippen LogP contribution in [0.25, 0.3) is 0 Å². The summed E-state index contributed by atoms with van der Waals surface area (Å²) in [5.74, 6) is -0.116. The molecule has 0 bridgehead atoms. The number of hydrogen-bond donors (Lipinski definition) is 1. The number of halogens is 1. The van der Waals surface area contributed by atoms with E-state index in [1.807, 2.05) is 0 Å². The van der Waals surface area contributed by atoms with E-state index in [1.165, 1.54) is 31.3 Å². The monoisotopic (exact) mass is 452 g/mol. The molecule has 0 spiro atoms. The van der Waals surface area contributed by atoms with Gasteiger partial charge in [-0.25, -0.2) is 4.39 Å². The fraction of sp³-hybridized carbons (Fsp3) is 0.292. The highest BCUT2D eigenvalue weighted by atomic mass is 19.1. The summed E-state index contributed by atoms with van der Waals surface area (Å²) in [5, 5.41) is 7.29. The molecule has 1 aliphatic heterocycles. The molecule has 0 saturated carbocycles. The number of benzene rings is 2. The molecule has 1 atom stereocenters. The van der Waals surface area contributed by atoms with Crippen molar-refractivity contribution in [2.24, 2.45) is 0 Å². The molecule has 1 N–H and O–H groups in total. The Morgan fingerprint density at radius 1 is 1.12 bits per heavy atom. The molecule has 4 rings (SSSR count). The van der Waals surface area contributed by atoms with Gasteiger partial charge in [-0.3, -0.25) is 19.2 Å². The van der Waals surface area contributed by atoms with E-state index in [9.17, 15) is 14.0 Å². The normalized spacial score (nSPS) is 17.5. The minimum absolute atomic E-state index is 0.149. The molecule has 9 heteroatoms. The molecule has 2 amide bonds. The van der Waals surface area contributed by atoms with Crippen molar-refractivity contribution in [1.29, 1.82) is 0 Å². The van der Waals surface area contributed by atoms with Crippen molar-refractivity contribution in [2.45, 2.75) is 32.5 Å². The van der Waals surface area contributed by atoms with Crippen LogP contribution in [-0.2, 0) is 17.9 Å². The van der Waals surface area contributed by atoms with Crippen molar-refractivity contribution in [3.05, 3.63) is 71.3 Å². The van der Waals surface area contributed by atoms with Gasteiger partial charge in [-0.2, -0.15) is 5.10 Å². The Hall–Kier alpha value is -3.88. The Kier molecular flexibility index (Phi) is 5.80. The minimum atomic E-state index is -1.31. The molecule has 0 fully saturated rings. The Balaban J connectivity index is 1.75. The molecule has 33 heavy (non-hydrogen) atoms. The standard InChI is InChI=1S/C24H25FN4O4/c1-15-9-21-22(30)29(18-10-19(32-3)12-20(11-18)33-4)24(2,14-28(21)27-15)23(31)26-13-16-5-7-17(25)8-6-16/h5-12H,13-14H2,1-4H3,(H,26,31)/t24-/m1/s1. The third kappa shape index (κ3) is 4.13. The van der Waals surface area contributed by atoms with Gasteiger partial charge in [0, 0.05) is 24.7 Å². The number of aromatic nitrogens is 2. The number of hydrogen-bond acceptors (Lipinski definition) is 5. The van der Waals surface area contributed by atoms with E-state index in [2.05, 4.69) is 10.4 Å². The lowest BCUT2D eigenvalue weighted by molar-refractivity contribution is -0.126. The van der Waals surface area contributed by atoms with E-state index in [0.29, 0.717) is 28.6 Å². The van der Waals surface area contributed by atoms with Gasteiger partial charge in [0.1, 0.15) is 28.5 Å². The first-order chi connectivity index (χ1) is 15.7. The quantitative estimate of drug-likeness (QED) is 0.621. The second-order valence-corrected chi connectivity index (χ2v) is 8.12. The molecule has 1 aromatic heterocycles. The van der Waals surface area contributed by atoms with E-state index >= 15 is 0 Å². The second-order valence-electron chi connectivity index (χ2n) is 8.12. The average Bonchev–Trinajstić information content (AvgIpc) is 3.18. The van der Waals surface area contributed by atoms with Crippen LogP contribution in [0.15, 0.2) is 48.5 Å². The van der Waals surface area contributed by atoms with Gasteiger partial charge in [0.25, 0.3) is 5.91 Å². The third-order valence-corrected chi connectivity index (χ3v) is 5.73. The van der Waals surface area contributed by atoms with Crippen LogP contribution in [-0.4, -0.2) is 41.4 Å². The Bertz CT molecular complexity index is 1190. The van der Waals surface area contributed by atoms with Gasteiger partial charge in [-0.05, 0) is 37.6 Å². The SMILES string of the molecule is COc1cc(OC)cc(N2C(=O)c3cc(C)nn3C[C@]2(C)C(=O)NCc2ccc(F)cc2)c1. The first-order valence-corrected chi connectivity index (χ1v) is 10.4. The van der Waals surface area contributed by atoms with Crippen LogP contribution in [0.4, 0.5) is 10.1 Å². The largest absolute Gasteiger partial charge is 0.497 e. The average molecular weight is 452 g/mol. The molecule has 0 unspecified atom stereocenters. The van der Waals surface area contributed by atoms with Crippen LogP contribution in [0.3, 0.4) is 0 Å². The van der Waals surface area contributed by atoms with Gasteiger partial charge in [-0.15, -0.1) is 0 Å². The molecular weight excluding hydrogens is 427 g/mol. The minimum Gasteiger partial charge on any atom is -0.497 e. The number of fused-ring (bicyclic) bond motifs is 1. The molecule has 2 heterocycles. The Morgan fingerprint density at radius 3 is 2.36 bits per heavy atom. The Labute approximate surface area is 190 Å². The summed E-state index contributed by atoms with van der Waals surface area (Å²) in [7, 11) is 3.03. The van der Waals surface area contributed by atoms with Crippen LogP contribution in [0, 0.1) is 12.7 Å². The molecule has 3 aromatic rings. The summed E-state index contributed by atoms with van der Waals surface area (Å²) in [6.45, 7) is 3.82. The number of anilines is 1. The van der Waals surface area contributed by atoms with Gasteiger partial charge in [0.15, 0.2) is 0 Å². The highest BCUT2D eigenvalue weighted by Crippen LogP contribution is 2.37. The summed E-state index contributed by atoms with van der Waals surface area (Å²) < 4.78 is 25.5. The van der Waals surface area contributed by atoms with Crippen LogP contribution in [0.5, 0.6) is 11.5 Å². The number of nitrogens with zero attached hydrogens (tertiary/aromatic N) is 3. The van der Waals surface area contributed by atoms with E-state index < -0.39 is 5.54 Å². The topological polar surface area (TPSA) is 85.7 Å². The third-order valence-electron chi connectivity index (χ3n) is 5.73. The van der Waals surface area contributed by atoms with Crippen molar-refractivity contribution in [1.82, 2.24) is 15.1 Å². The number of carbonyl (C=O) groups is 2. The molecule has 8 nitrogen and oxygen atoms in total. The van der Waals surface area contributed by atoms with Crippen LogP contribution in [0.2, 0.25) is 0 Å². The summed E-state index contributed by atoms with van der Waals surface area (Å²) in [4.78, 5) is 28.6. The van der Waals surface area contributed by atoms with Gasteiger partial charge in [0.2, 0.25) is 5.91 Å². The number of aryl methyl sites for hydroxylation is 1. The van der Waals surface area contributed by atoms with Gasteiger partial charge in [0.05, 0.1) is 32.1 Å². The first kappa shape index (κ1) is 22.3. The van der Waals surface area contributed by atoms with E-state index in [-0.39, 0.29) is 30.7 Å². The maximum atomic E-state index is 13.6. The lowest BCUT2D eigenvalue weighted by Gasteiger charge is -2.43. The first-order valence-electron chi connectivity index (χ1n) is 10.4. The number of nitrogens with one attached hydrogen (secondary N) is 1. The van der Waals surface area contributed by atoms with E-state index in [1.54, 1.807) is 54.9 Å². The summed E-state index contributed by atoms with van der Waals surface area (Å²) in [6, 6.07) is 12.6. The van der Waals surface area contributed by atoms with Crippen molar-refractivity contribution < 1.29 is 23.5 Å². The van der Waals surface area contributed by atoms with Gasteiger partial charge in [-0.1, -0.05) is 12.1 Å². The number of methoxy groups -OCH3 is 2. The maximum Gasteiger partial charge on any atom is 0.277 e. The number of rotatable bonds is 6. The fourth-order valence-electron chi connectivity index (χ4n) is 4.01. The van der Waals surface area contributed by atoms with Gasteiger partial charge >= 0.3 is 0 Å². The molecule has 0 radical (unpaired) electrons. The maximum absolute atomic E-state index is 13.6. The molecule has 172 valence electrons. The van der Waals surface area contributed by atoms with Crippen LogP contribution in [0.1, 0.15) is 28.7 Å². The van der Waals surface area contributed by atoms with Crippen LogP contribution < -0.4 is 19.7 Å². The summed E-state index contributed by atoms with van der Waals surface area (Å²) in [5.41, 5.74) is 0.956. The smallest absolute Gasteiger partial charge is 0.277 e. The van der Waals surface area contributed by atoms with Gasteiger partial charge < -0.3 is 14.8 Å². The summed E-state index contributed by atoms with van der Waals surface area (Å²) in [6.07, 6.45) is 0. The molecule has 0 saturated heterocycles. The van der Waals surface area contributed by atoms with E-state index in [0.717, 1.165) is 5.56 Å².